The molecule has 0 bridgehead atoms. The van der Waals surface area contributed by atoms with E-state index in [1.54, 1.807) is 31.4 Å². The van der Waals surface area contributed by atoms with E-state index >= 15 is 0 Å². The molecule has 5 heteroatoms. The molecule has 0 saturated carbocycles. The zero-order chi connectivity index (χ0) is 14.5. The number of anilines is 1. The normalized spacial score (nSPS) is 11.1. The predicted octanol–water partition coefficient (Wildman–Crippen LogP) is 2.07. The van der Waals surface area contributed by atoms with E-state index < -0.39 is 11.6 Å². The number of carboxylic acid groups (broad SMARTS) is 1. The summed E-state index contributed by atoms with van der Waals surface area (Å²) in [7, 11) is 1.55. The second kappa shape index (κ2) is 6.33. The van der Waals surface area contributed by atoms with Gasteiger partial charge in [0.05, 0.1) is 18.4 Å². The quantitative estimate of drug-likeness (QED) is 0.825. The van der Waals surface area contributed by atoms with Gasteiger partial charge in [-0.3, -0.25) is 9.59 Å². The summed E-state index contributed by atoms with van der Waals surface area (Å²) in [6, 6.07) is 6.87. The van der Waals surface area contributed by atoms with Gasteiger partial charge in [-0.25, -0.2) is 0 Å². The van der Waals surface area contributed by atoms with Crippen molar-refractivity contribution in [1.29, 1.82) is 0 Å². The summed E-state index contributed by atoms with van der Waals surface area (Å²) in [4.78, 5) is 22.6. The molecule has 104 valence electrons. The van der Waals surface area contributed by atoms with Crippen molar-refractivity contribution in [3.8, 4) is 0 Å². The van der Waals surface area contributed by atoms with Crippen molar-refractivity contribution in [2.75, 3.05) is 12.4 Å². The summed E-state index contributed by atoms with van der Waals surface area (Å²) >= 11 is 0. The third-order valence-electron chi connectivity index (χ3n) is 2.77. The highest BCUT2D eigenvalue weighted by atomic mass is 16.5. The van der Waals surface area contributed by atoms with Crippen LogP contribution >= 0.6 is 0 Å². The van der Waals surface area contributed by atoms with E-state index in [-0.39, 0.29) is 18.7 Å². The lowest BCUT2D eigenvalue weighted by atomic mass is 10.0. The Morgan fingerprint density at radius 2 is 1.95 bits per heavy atom. The van der Waals surface area contributed by atoms with Gasteiger partial charge in [-0.1, -0.05) is 18.2 Å². The summed E-state index contributed by atoms with van der Waals surface area (Å²) in [6.45, 7) is 3.63. The Bertz CT molecular complexity index is 468. The number of carboxylic acids is 1. The van der Waals surface area contributed by atoms with Crippen LogP contribution in [0.25, 0.3) is 0 Å². The zero-order valence-corrected chi connectivity index (χ0v) is 11.4. The van der Waals surface area contributed by atoms with Crippen LogP contribution in [0.2, 0.25) is 0 Å². The largest absolute Gasteiger partial charge is 0.481 e. The topological polar surface area (TPSA) is 75.6 Å². The van der Waals surface area contributed by atoms with Crippen LogP contribution in [-0.4, -0.2) is 29.7 Å². The van der Waals surface area contributed by atoms with Gasteiger partial charge in [-0.05, 0) is 25.5 Å². The number of para-hydroxylation sites is 1. The van der Waals surface area contributed by atoms with Gasteiger partial charge in [0.15, 0.2) is 0 Å². The number of nitrogens with one attached hydrogen (secondary N) is 1. The molecule has 0 aromatic heterocycles. The van der Waals surface area contributed by atoms with E-state index in [1.165, 1.54) is 0 Å². The average molecular weight is 265 g/mol. The maximum atomic E-state index is 11.9. The molecule has 1 aromatic carbocycles. The van der Waals surface area contributed by atoms with Crippen LogP contribution in [0.4, 0.5) is 5.69 Å². The first-order valence-electron chi connectivity index (χ1n) is 5.99. The van der Waals surface area contributed by atoms with Gasteiger partial charge in [-0.2, -0.15) is 0 Å². The SMILES string of the molecule is COC(C)(C)CC(=O)Nc1ccccc1CC(=O)O. The lowest BCUT2D eigenvalue weighted by Gasteiger charge is -2.22. The molecule has 5 nitrogen and oxygen atoms in total. The number of aliphatic carboxylic acids is 1. The molecule has 1 rings (SSSR count). The molecule has 0 heterocycles. The van der Waals surface area contributed by atoms with Crippen LogP contribution in [0.5, 0.6) is 0 Å². The molecular formula is C14H19NO4. The third kappa shape index (κ3) is 5.09. The first-order valence-corrected chi connectivity index (χ1v) is 5.99. The highest BCUT2D eigenvalue weighted by Crippen LogP contribution is 2.18. The Morgan fingerprint density at radius 1 is 1.32 bits per heavy atom. The molecule has 19 heavy (non-hydrogen) atoms. The fourth-order valence-electron chi connectivity index (χ4n) is 1.61. The van der Waals surface area contributed by atoms with E-state index in [2.05, 4.69) is 5.32 Å². The maximum Gasteiger partial charge on any atom is 0.307 e. The number of amides is 1. The molecule has 0 atom stereocenters. The van der Waals surface area contributed by atoms with E-state index in [1.807, 2.05) is 13.8 Å². The maximum absolute atomic E-state index is 11.9. The fraction of sp³-hybridized carbons (Fsp3) is 0.429. The van der Waals surface area contributed by atoms with E-state index in [0.717, 1.165) is 0 Å². The Labute approximate surface area is 112 Å². The Hall–Kier alpha value is -1.88. The van der Waals surface area contributed by atoms with Crippen LogP contribution in [0.15, 0.2) is 24.3 Å². The van der Waals surface area contributed by atoms with Gasteiger partial charge in [0.1, 0.15) is 0 Å². The van der Waals surface area contributed by atoms with Crippen molar-refractivity contribution in [3.05, 3.63) is 29.8 Å². The lowest BCUT2D eigenvalue weighted by Crippen LogP contribution is -2.29. The lowest BCUT2D eigenvalue weighted by molar-refractivity contribution is -0.136. The highest BCUT2D eigenvalue weighted by molar-refractivity contribution is 5.92. The minimum atomic E-state index is -0.932. The first-order chi connectivity index (χ1) is 8.84. The average Bonchev–Trinajstić information content (AvgIpc) is 2.30. The van der Waals surface area contributed by atoms with Crippen molar-refractivity contribution in [2.24, 2.45) is 0 Å². The summed E-state index contributed by atoms with van der Waals surface area (Å²) in [5.74, 6) is -1.14. The number of carbonyl (C=O) groups is 2. The standard InChI is InChI=1S/C14H19NO4/c1-14(2,19-3)9-12(16)15-11-7-5-4-6-10(11)8-13(17)18/h4-7H,8-9H2,1-3H3,(H,15,16)(H,17,18). The molecule has 1 aromatic rings. The molecule has 2 N–H and O–H groups in total. The van der Waals surface area contributed by atoms with Crippen molar-refractivity contribution < 1.29 is 19.4 Å². The summed E-state index contributed by atoms with van der Waals surface area (Å²) in [6.07, 6.45) is 0.0784. The van der Waals surface area contributed by atoms with Crippen molar-refractivity contribution in [2.45, 2.75) is 32.3 Å². The molecule has 1 amide bonds. The number of carbonyl (C=O) groups excluding carboxylic acids is 1. The second-order valence-corrected chi connectivity index (χ2v) is 4.92. The molecule has 0 radical (unpaired) electrons. The second-order valence-electron chi connectivity index (χ2n) is 4.92. The third-order valence-corrected chi connectivity index (χ3v) is 2.77. The molecule has 0 fully saturated rings. The Kier molecular flexibility index (Phi) is 5.06. The number of benzene rings is 1. The number of hydrogen-bond acceptors (Lipinski definition) is 3. The predicted molar refractivity (Wildman–Crippen MR) is 72.1 cm³/mol. The molecule has 0 aliphatic carbocycles. The van der Waals surface area contributed by atoms with E-state index in [0.29, 0.717) is 11.3 Å². The number of rotatable bonds is 6. The zero-order valence-electron chi connectivity index (χ0n) is 11.4. The summed E-state index contributed by atoms with van der Waals surface area (Å²) in [5.41, 5.74) is 0.562. The van der Waals surface area contributed by atoms with Crippen molar-refractivity contribution >= 4 is 17.6 Å². The minimum absolute atomic E-state index is 0.121. The molecular weight excluding hydrogens is 246 g/mol. The Morgan fingerprint density at radius 3 is 2.53 bits per heavy atom. The molecule has 0 saturated heterocycles. The first kappa shape index (κ1) is 15.2. The van der Waals surface area contributed by atoms with Crippen LogP contribution in [0.3, 0.4) is 0 Å². The van der Waals surface area contributed by atoms with Crippen LogP contribution in [0.1, 0.15) is 25.8 Å². The minimum Gasteiger partial charge on any atom is -0.481 e. The smallest absolute Gasteiger partial charge is 0.307 e. The number of hydrogen-bond donors (Lipinski definition) is 2. The van der Waals surface area contributed by atoms with Gasteiger partial charge in [0.2, 0.25) is 5.91 Å². The number of ether oxygens (including phenoxy) is 1. The van der Waals surface area contributed by atoms with Gasteiger partial charge >= 0.3 is 5.97 Å². The van der Waals surface area contributed by atoms with Crippen molar-refractivity contribution in [1.82, 2.24) is 0 Å². The van der Waals surface area contributed by atoms with Gasteiger partial charge in [0.25, 0.3) is 0 Å². The highest BCUT2D eigenvalue weighted by Gasteiger charge is 2.21. The van der Waals surface area contributed by atoms with E-state index in [9.17, 15) is 9.59 Å². The molecule has 0 aliphatic heterocycles. The van der Waals surface area contributed by atoms with Gasteiger partial charge < -0.3 is 15.2 Å². The fourth-order valence-corrected chi connectivity index (χ4v) is 1.61. The molecule has 0 unspecified atom stereocenters. The monoisotopic (exact) mass is 265 g/mol. The summed E-state index contributed by atoms with van der Waals surface area (Å²) in [5, 5.41) is 11.5. The van der Waals surface area contributed by atoms with E-state index in [4.69, 9.17) is 9.84 Å². The Balaban J connectivity index is 2.76. The van der Waals surface area contributed by atoms with Crippen LogP contribution in [-0.2, 0) is 20.7 Å². The van der Waals surface area contributed by atoms with Crippen molar-refractivity contribution in [3.63, 3.8) is 0 Å². The van der Waals surface area contributed by atoms with Crippen LogP contribution < -0.4 is 5.32 Å². The summed E-state index contributed by atoms with van der Waals surface area (Å²) < 4.78 is 5.19. The molecule has 0 aliphatic rings. The molecule has 0 spiro atoms. The van der Waals surface area contributed by atoms with Gasteiger partial charge in [0, 0.05) is 12.8 Å². The van der Waals surface area contributed by atoms with Gasteiger partial charge in [-0.15, -0.1) is 0 Å². The number of methoxy groups -OCH3 is 1. The van der Waals surface area contributed by atoms with Crippen LogP contribution in [0, 0.1) is 0 Å².